The normalized spacial score (nSPS) is 11.5. The Balaban J connectivity index is 2.10. The van der Waals surface area contributed by atoms with Gasteiger partial charge in [-0.1, -0.05) is 29.3 Å². The fourth-order valence-electron chi connectivity index (χ4n) is 1.93. The molecule has 0 unspecified atom stereocenters. The number of amides is 1. The molecule has 1 heterocycles. The molecule has 9 heteroatoms. The Hall–Kier alpha value is -1.67. The third kappa shape index (κ3) is 5.45. The Morgan fingerprint density at radius 1 is 1.29 bits per heavy atom. The number of sulfonamides is 1. The van der Waals surface area contributed by atoms with Crippen LogP contribution in [0.4, 0.5) is 5.69 Å². The average Bonchev–Trinajstić information content (AvgIpc) is 2.49. The van der Waals surface area contributed by atoms with Crippen LogP contribution in [-0.4, -0.2) is 36.4 Å². The standard InChI is InChI=1S/C15H15Cl2N3O3S/c1-24(22,23)20(9-11-3-2-6-18-8-11)10-15(21)19-14-5-4-12(16)7-13(14)17/h2-8H,9-10H2,1H3,(H,19,21). The molecule has 0 fully saturated rings. The van der Waals surface area contributed by atoms with Crippen molar-refractivity contribution in [3.8, 4) is 0 Å². The number of nitrogens with one attached hydrogen (secondary N) is 1. The summed E-state index contributed by atoms with van der Waals surface area (Å²) in [4.78, 5) is 16.1. The van der Waals surface area contributed by atoms with Crippen LogP contribution < -0.4 is 5.32 Å². The summed E-state index contributed by atoms with van der Waals surface area (Å²) in [5.41, 5.74) is 1.04. The van der Waals surface area contributed by atoms with Gasteiger partial charge in [-0.25, -0.2) is 8.42 Å². The van der Waals surface area contributed by atoms with Crippen molar-refractivity contribution in [3.63, 3.8) is 0 Å². The summed E-state index contributed by atoms with van der Waals surface area (Å²) in [6, 6.07) is 8.05. The maximum Gasteiger partial charge on any atom is 0.239 e. The first kappa shape index (κ1) is 18.7. The largest absolute Gasteiger partial charge is 0.324 e. The molecule has 2 rings (SSSR count). The van der Waals surface area contributed by atoms with Crippen molar-refractivity contribution in [2.75, 3.05) is 18.1 Å². The van der Waals surface area contributed by atoms with Gasteiger partial charge in [0.2, 0.25) is 15.9 Å². The Labute approximate surface area is 150 Å². The fraction of sp³-hybridized carbons (Fsp3) is 0.200. The van der Waals surface area contributed by atoms with Crippen LogP contribution in [0.25, 0.3) is 0 Å². The molecule has 1 aromatic heterocycles. The van der Waals surface area contributed by atoms with Gasteiger partial charge in [0.05, 0.1) is 23.5 Å². The van der Waals surface area contributed by atoms with Crippen molar-refractivity contribution in [1.82, 2.24) is 9.29 Å². The lowest BCUT2D eigenvalue weighted by atomic mass is 10.3. The summed E-state index contributed by atoms with van der Waals surface area (Å²) < 4.78 is 24.9. The second kappa shape index (κ2) is 7.94. The highest BCUT2D eigenvalue weighted by Crippen LogP contribution is 2.25. The molecule has 1 N–H and O–H groups in total. The minimum atomic E-state index is -3.58. The van der Waals surface area contributed by atoms with Gasteiger partial charge >= 0.3 is 0 Å². The van der Waals surface area contributed by atoms with Gasteiger partial charge in [-0.15, -0.1) is 0 Å². The van der Waals surface area contributed by atoms with Crippen LogP contribution in [-0.2, 0) is 21.4 Å². The number of benzene rings is 1. The number of nitrogens with zero attached hydrogens (tertiary/aromatic N) is 2. The SMILES string of the molecule is CS(=O)(=O)N(CC(=O)Nc1ccc(Cl)cc1Cl)Cc1cccnc1. The van der Waals surface area contributed by atoms with Crippen LogP contribution in [0.15, 0.2) is 42.7 Å². The first-order valence-corrected chi connectivity index (χ1v) is 9.45. The monoisotopic (exact) mass is 387 g/mol. The van der Waals surface area contributed by atoms with Crippen molar-refractivity contribution < 1.29 is 13.2 Å². The van der Waals surface area contributed by atoms with Crippen LogP contribution in [0.2, 0.25) is 10.0 Å². The van der Waals surface area contributed by atoms with Gasteiger partial charge in [0, 0.05) is 24.0 Å². The molecule has 24 heavy (non-hydrogen) atoms. The molecule has 0 saturated heterocycles. The first-order valence-electron chi connectivity index (χ1n) is 6.84. The van der Waals surface area contributed by atoms with Crippen LogP contribution in [0.1, 0.15) is 5.56 Å². The predicted molar refractivity (Wildman–Crippen MR) is 94.6 cm³/mol. The Bertz CT molecular complexity index is 829. The van der Waals surface area contributed by atoms with Crippen LogP contribution in [0.3, 0.4) is 0 Å². The van der Waals surface area contributed by atoms with Crippen LogP contribution in [0.5, 0.6) is 0 Å². The topological polar surface area (TPSA) is 79.4 Å². The molecule has 1 amide bonds. The van der Waals surface area contributed by atoms with E-state index in [4.69, 9.17) is 23.2 Å². The second-order valence-corrected chi connectivity index (χ2v) is 7.89. The molecule has 0 saturated carbocycles. The van der Waals surface area contributed by atoms with E-state index >= 15 is 0 Å². The lowest BCUT2D eigenvalue weighted by molar-refractivity contribution is -0.116. The van der Waals surface area contributed by atoms with Gasteiger partial charge in [0.1, 0.15) is 0 Å². The van der Waals surface area contributed by atoms with E-state index in [1.165, 1.54) is 6.07 Å². The van der Waals surface area contributed by atoms with Gasteiger partial charge < -0.3 is 5.32 Å². The first-order chi connectivity index (χ1) is 11.3. The minimum Gasteiger partial charge on any atom is -0.324 e. The van der Waals surface area contributed by atoms with E-state index in [1.54, 1.807) is 36.7 Å². The van der Waals surface area contributed by atoms with E-state index in [9.17, 15) is 13.2 Å². The summed E-state index contributed by atoms with van der Waals surface area (Å²) in [6.45, 7) is -0.291. The molecule has 0 aliphatic rings. The number of pyridine rings is 1. The highest BCUT2D eigenvalue weighted by atomic mass is 35.5. The van der Waals surface area contributed by atoms with Crippen LogP contribution >= 0.6 is 23.2 Å². The van der Waals surface area contributed by atoms with E-state index in [1.807, 2.05) is 0 Å². The molecule has 0 spiro atoms. The smallest absolute Gasteiger partial charge is 0.239 e. The maximum atomic E-state index is 12.2. The third-order valence-corrected chi connectivity index (χ3v) is 4.82. The Morgan fingerprint density at radius 2 is 2.04 bits per heavy atom. The zero-order valence-corrected chi connectivity index (χ0v) is 15.1. The molecule has 0 aliphatic carbocycles. The molecular formula is C15H15Cl2N3O3S. The fourth-order valence-corrected chi connectivity index (χ4v) is 3.12. The molecule has 0 bridgehead atoms. The molecule has 6 nitrogen and oxygen atoms in total. The summed E-state index contributed by atoms with van der Waals surface area (Å²) in [5, 5.41) is 3.28. The summed E-state index contributed by atoms with van der Waals surface area (Å²) in [5.74, 6) is -0.506. The van der Waals surface area contributed by atoms with Crippen molar-refractivity contribution in [3.05, 3.63) is 58.3 Å². The third-order valence-electron chi connectivity index (χ3n) is 3.08. The second-order valence-electron chi connectivity index (χ2n) is 5.06. The van der Waals surface area contributed by atoms with Crippen molar-refractivity contribution >= 4 is 44.8 Å². The van der Waals surface area contributed by atoms with E-state index in [2.05, 4.69) is 10.3 Å². The summed E-state index contributed by atoms with van der Waals surface area (Å²) >= 11 is 11.8. The number of hydrogen-bond donors (Lipinski definition) is 1. The van der Waals surface area contributed by atoms with E-state index < -0.39 is 15.9 Å². The summed E-state index contributed by atoms with van der Waals surface area (Å²) in [7, 11) is -3.58. The maximum absolute atomic E-state index is 12.2. The number of hydrogen-bond acceptors (Lipinski definition) is 4. The van der Waals surface area contributed by atoms with Crippen molar-refractivity contribution in [2.24, 2.45) is 0 Å². The number of aromatic nitrogens is 1. The van der Waals surface area contributed by atoms with Gasteiger partial charge in [-0.05, 0) is 29.8 Å². The Morgan fingerprint density at radius 3 is 2.62 bits per heavy atom. The molecule has 128 valence electrons. The van der Waals surface area contributed by atoms with Gasteiger partial charge in [-0.3, -0.25) is 9.78 Å². The van der Waals surface area contributed by atoms with Crippen molar-refractivity contribution in [1.29, 1.82) is 0 Å². The molecule has 0 radical (unpaired) electrons. The van der Waals surface area contributed by atoms with Crippen LogP contribution in [0, 0.1) is 0 Å². The Kier molecular flexibility index (Phi) is 6.17. The zero-order chi connectivity index (χ0) is 17.7. The van der Waals surface area contributed by atoms with Gasteiger partial charge in [0.25, 0.3) is 0 Å². The number of carbonyl (C=O) groups is 1. The van der Waals surface area contributed by atoms with Crippen molar-refractivity contribution in [2.45, 2.75) is 6.54 Å². The molecule has 0 aliphatic heterocycles. The van der Waals surface area contributed by atoms with E-state index in [0.717, 1.165) is 10.6 Å². The predicted octanol–water partition coefficient (Wildman–Crippen LogP) is 2.79. The number of carbonyl (C=O) groups excluding carboxylic acids is 1. The molecule has 2 aromatic rings. The zero-order valence-electron chi connectivity index (χ0n) is 12.7. The molecular weight excluding hydrogens is 373 g/mol. The summed E-state index contributed by atoms with van der Waals surface area (Å²) in [6.07, 6.45) is 4.18. The quantitative estimate of drug-likeness (QED) is 0.826. The molecule has 1 aromatic carbocycles. The number of rotatable bonds is 6. The lowest BCUT2D eigenvalue weighted by Crippen LogP contribution is -2.36. The average molecular weight is 388 g/mol. The minimum absolute atomic E-state index is 0.0500. The highest BCUT2D eigenvalue weighted by molar-refractivity contribution is 7.88. The highest BCUT2D eigenvalue weighted by Gasteiger charge is 2.21. The molecule has 0 atom stereocenters. The van der Waals surface area contributed by atoms with Gasteiger partial charge in [-0.2, -0.15) is 4.31 Å². The number of halogens is 2. The van der Waals surface area contributed by atoms with E-state index in [-0.39, 0.29) is 18.1 Å². The lowest BCUT2D eigenvalue weighted by Gasteiger charge is -2.19. The number of anilines is 1. The van der Waals surface area contributed by atoms with Gasteiger partial charge in [0.15, 0.2) is 0 Å². The van der Waals surface area contributed by atoms with E-state index in [0.29, 0.717) is 16.3 Å².